The Bertz CT molecular complexity index is 761. The first kappa shape index (κ1) is 12.6. The van der Waals surface area contributed by atoms with Gasteiger partial charge in [-0.1, -0.05) is 18.2 Å². The van der Waals surface area contributed by atoms with Crippen molar-refractivity contribution in [1.82, 2.24) is 20.0 Å². The Morgan fingerprint density at radius 3 is 2.73 bits per heavy atom. The lowest BCUT2D eigenvalue weighted by molar-refractivity contribution is 0.0796. The van der Waals surface area contributed by atoms with Gasteiger partial charge in [-0.2, -0.15) is 5.10 Å². The third-order valence-electron chi connectivity index (χ3n) is 5.84. The van der Waals surface area contributed by atoms with Crippen LogP contribution in [0.5, 0.6) is 0 Å². The monoisotopic (exact) mass is 296 g/mol. The maximum Gasteiger partial charge on any atom is 0.272 e. The summed E-state index contributed by atoms with van der Waals surface area (Å²) in [4.78, 5) is 15.4. The Labute approximate surface area is 129 Å². The van der Waals surface area contributed by atoms with Crippen molar-refractivity contribution in [3.05, 3.63) is 30.0 Å². The molecule has 4 bridgehead atoms. The van der Waals surface area contributed by atoms with E-state index >= 15 is 0 Å². The summed E-state index contributed by atoms with van der Waals surface area (Å²) in [6, 6.07) is 7.93. The molecule has 0 spiro atoms. The third kappa shape index (κ3) is 1.63. The Balaban J connectivity index is 1.48. The molecule has 0 radical (unpaired) electrons. The van der Waals surface area contributed by atoms with Gasteiger partial charge in [0, 0.05) is 32.1 Å². The van der Waals surface area contributed by atoms with Crippen LogP contribution in [0.1, 0.15) is 23.3 Å². The zero-order valence-corrected chi connectivity index (χ0v) is 12.7. The first-order chi connectivity index (χ1) is 10.6. The van der Waals surface area contributed by atoms with Crippen LogP contribution in [0, 0.1) is 11.8 Å². The second-order valence-electron chi connectivity index (χ2n) is 7.35. The number of aromatic nitrogens is 2. The quantitative estimate of drug-likeness (QED) is 0.911. The molecule has 6 rings (SSSR count). The van der Waals surface area contributed by atoms with E-state index in [2.05, 4.69) is 15.3 Å². The van der Waals surface area contributed by atoms with E-state index in [0.717, 1.165) is 42.1 Å². The molecular weight excluding hydrogens is 276 g/mol. The summed E-state index contributed by atoms with van der Waals surface area (Å²) in [5, 5.41) is 8.74. The number of carbonyl (C=O) groups excluding carboxylic acids is 1. The number of amides is 1. The zero-order chi connectivity index (χ0) is 14.9. The number of hydrogen-bond donors (Lipinski definition) is 1. The van der Waals surface area contributed by atoms with Crippen LogP contribution >= 0.6 is 0 Å². The van der Waals surface area contributed by atoms with Crippen molar-refractivity contribution in [2.75, 3.05) is 19.6 Å². The normalized spacial score (nSPS) is 35.4. The molecule has 4 heterocycles. The van der Waals surface area contributed by atoms with Crippen molar-refractivity contribution in [2.45, 2.75) is 18.4 Å². The molecule has 2 unspecified atom stereocenters. The number of piperidine rings is 2. The third-order valence-corrected chi connectivity index (χ3v) is 5.84. The van der Waals surface area contributed by atoms with Gasteiger partial charge >= 0.3 is 0 Å². The minimum atomic E-state index is -0.0139. The number of rotatable bonds is 2. The van der Waals surface area contributed by atoms with Crippen LogP contribution in [0.15, 0.2) is 24.3 Å². The van der Waals surface area contributed by atoms with Gasteiger partial charge in [-0.05, 0) is 30.7 Å². The molecule has 5 heteroatoms. The van der Waals surface area contributed by atoms with Crippen molar-refractivity contribution in [1.29, 1.82) is 0 Å². The van der Waals surface area contributed by atoms with Crippen LogP contribution in [-0.4, -0.2) is 45.8 Å². The molecule has 2 aromatic rings. The van der Waals surface area contributed by atoms with E-state index in [0.29, 0.717) is 5.69 Å². The van der Waals surface area contributed by atoms with E-state index in [1.165, 1.54) is 13.1 Å². The van der Waals surface area contributed by atoms with Gasteiger partial charge in [-0.3, -0.25) is 9.48 Å². The van der Waals surface area contributed by atoms with Gasteiger partial charge in [0.1, 0.15) is 0 Å². The molecule has 1 aliphatic carbocycles. The highest BCUT2D eigenvalue weighted by Crippen LogP contribution is 2.49. The fourth-order valence-electron chi connectivity index (χ4n) is 5.09. The Kier molecular flexibility index (Phi) is 2.36. The fourth-order valence-corrected chi connectivity index (χ4v) is 5.09. The number of carbonyl (C=O) groups is 1. The SMILES string of the molecule is Cn1nc(C(=O)NC23C[C@H]4CN(C[C@H]4C2)C3)c2ccccc21. The standard InChI is InChI=1S/C17H20N4O/c1-20-14-5-3-2-4-13(14)15(19-20)16(22)18-17-6-11-8-21(10-17)9-12(11)7-17/h2-5,11-12H,6-10H2,1H3,(H,18,22)/t11-,12+,17?. The lowest BCUT2D eigenvalue weighted by atomic mass is 9.90. The number of para-hydroxylation sites is 1. The number of fused-ring (bicyclic) bond motifs is 1. The summed E-state index contributed by atoms with van der Waals surface area (Å²) >= 11 is 0. The highest BCUT2D eigenvalue weighted by atomic mass is 16.2. The first-order valence-corrected chi connectivity index (χ1v) is 8.10. The average Bonchev–Trinajstić information content (AvgIpc) is 3.05. The van der Waals surface area contributed by atoms with Crippen LogP contribution in [0.2, 0.25) is 0 Å². The highest BCUT2D eigenvalue weighted by Gasteiger charge is 2.55. The first-order valence-electron chi connectivity index (χ1n) is 8.10. The molecule has 22 heavy (non-hydrogen) atoms. The molecule has 4 atom stereocenters. The molecule has 3 saturated heterocycles. The van der Waals surface area contributed by atoms with Crippen molar-refractivity contribution in [3.63, 3.8) is 0 Å². The number of benzene rings is 1. The number of nitrogens with one attached hydrogen (secondary N) is 1. The Hall–Kier alpha value is -1.88. The predicted octanol–water partition coefficient (Wildman–Crippen LogP) is 1.40. The van der Waals surface area contributed by atoms with Crippen LogP contribution in [0.25, 0.3) is 10.9 Å². The summed E-state index contributed by atoms with van der Waals surface area (Å²) < 4.78 is 1.79. The number of nitrogens with zero attached hydrogens (tertiary/aromatic N) is 3. The van der Waals surface area contributed by atoms with Gasteiger partial charge in [0.05, 0.1) is 11.1 Å². The van der Waals surface area contributed by atoms with E-state index in [1.54, 1.807) is 4.68 Å². The van der Waals surface area contributed by atoms with Gasteiger partial charge in [0.15, 0.2) is 5.69 Å². The van der Waals surface area contributed by atoms with Crippen LogP contribution in [0.3, 0.4) is 0 Å². The molecule has 114 valence electrons. The van der Waals surface area contributed by atoms with Crippen LogP contribution < -0.4 is 5.32 Å². The lowest BCUT2D eigenvalue weighted by Gasteiger charge is -2.40. The van der Waals surface area contributed by atoms with Gasteiger partial charge in [0.25, 0.3) is 5.91 Å². The van der Waals surface area contributed by atoms with Crippen molar-refractivity contribution < 1.29 is 4.79 Å². The second-order valence-corrected chi connectivity index (χ2v) is 7.35. The number of aryl methyl sites for hydroxylation is 1. The lowest BCUT2D eigenvalue weighted by Crippen LogP contribution is -2.58. The second kappa shape index (κ2) is 4.10. The Morgan fingerprint density at radius 1 is 1.27 bits per heavy atom. The molecule has 4 aliphatic rings. The summed E-state index contributed by atoms with van der Waals surface area (Å²) in [6.45, 7) is 3.47. The van der Waals surface area contributed by atoms with Gasteiger partial charge in [-0.15, -0.1) is 0 Å². The minimum absolute atomic E-state index is 0.0124. The molecular formula is C17H20N4O. The van der Waals surface area contributed by atoms with Gasteiger partial charge in [-0.25, -0.2) is 0 Å². The predicted molar refractivity (Wildman–Crippen MR) is 83.6 cm³/mol. The van der Waals surface area contributed by atoms with E-state index in [1.807, 2.05) is 31.3 Å². The van der Waals surface area contributed by atoms with Crippen molar-refractivity contribution in [3.8, 4) is 0 Å². The molecule has 3 aliphatic heterocycles. The van der Waals surface area contributed by atoms with Crippen LogP contribution in [-0.2, 0) is 7.05 Å². The maximum absolute atomic E-state index is 12.8. The van der Waals surface area contributed by atoms with E-state index < -0.39 is 0 Å². The fraction of sp³-hybridized carbons (Fsp3) is 0.529. The summed E-state index contributed by atoms with van der Waals surface area (Å²) in [5.41, 5.74) is 1.55. The molecule has 1 aromatic heterocycles. The summed E-state index contributed by atoms with van der Waals surface area (Å²) in [6.07, 6.45) is 2.29. The maximum atomic E-state index is 12.8. The largest absolute Gasteiger partial charge is 0.344 e. The van der Waals surface area contributed by atoms with E-state index in [-0.39, 0.29) is 11.4 Å². The molecule has 1 amide bonds. The molecule has 1 aromatic carbocycles. The average molecular weight is 296 g/mol. The van der Waals surface area contributed by atoms with Crippen LogP contribution in [0.4, 0.5) is 0 Å². The van der Waals surface area contributed by atoms with Gasteiger partial charge < -0.3 is 10.2 Å². The van der Waals surface area contributed by atoms with Gasteiger partial charge in [0.2, 0.25) is 0 Å². The van der Waals surface area contributed by atoms with Crippen molar-refractivity contribution in [2.24, 2.45) is 18.9 Å². The molecule has 1 N–H and O–H groups in total. The molecule has 4 fully saturated rings. The topological polar surface area (TPSA) is 50.2 Å². The summed E-state index contributed by atoms with van der Waals surface area (Å²) in [5.74, 6) is 1.56. The van der Waals surface area contributed by atoms with E-state index in [4.69, 9.17) is 0 Å². The minimum Gasteiger partial charge on any atom is -0.344 e. The van der Waals surface area contributed by atoms with Crippen molar-refractivity contribution >= 4 is 16.8 Å². The Morgan fingerprint density at radius 2 is 2.00 bits per heavy atom. The summed E-state index contributed by atoms with van der Waals surface area (Å²) in [7, 11) is 1.89. The zero-order valence-electron chi connectivity index (χ0n) is 12.7. The highest BCUT2D eigenvalue weighted by molar-refractivity contribution is 6.05. The number of hydrogen-bond acceptors (Lipinski definition) is 3. The van der Waals surface area contributed by atoms with E-state index in [9.17, 15) is 4.79 Å². The molecule has 1 saturated carbocycles. The smallest absolute Gasteiger partial charge is 0.272 e. The molecule has 5 nitrogen and oxygen atoms in total.